The quantitative estimate of drug-likeness (QED) is 0.331. The van der Waals surface area contributed by atoms with E-state index in [0.717, 1.165) is 0 Å². The molecule has 0 aromatic heterocycles. The van der Waals surface area contributed by atoms with Gasteiger partial charge in [0.05, 0.1) is 0 Å². The fourth-order valence-electron chi connectivity index (χ4n) is 0.696. The fourth-order valence-corrected chi connectivity index (χ4v) is 0.696. The van der Waals surface area contributed by atoms with Crippen molar-refractivity contribution in [3.05, 3.63) is 12.7 Å². The molecule has 0 saturated heterocycles. The molecule has 0 aromatic carbocycles. The number of quaternary nitrogens is 1. The molecule has 0 amide bonds. The van der Waals surface area contributed by atoms with Crippen molar-refractivity contribution in [2.45, 2.75) is 6.92 Å². The SMILES string of the molecule is C=CC[N+](C)(C)OC(C)=O. The third-order valence-corrected chi connectivity index (χ3v) is 0.944. The lowest BCUT2D eigenvalue weighted by Crippen LogP contribution is -2.40. The summed E-state index contributed by atoms with van der Waals surface area (Å²) in [4.78, 5) is 15.4. The minimum absolute atomic E-state index is 0.207. The van der Waals surface area contributed by atoms with E-state index in [1.165, 1.54) is 6.92 Å². The second-order valence-electron chi connectivity index (χ2n) is 2.63. The Morgan fingerprint density at radius 1 is 1.70 bits per heavy atom. The number of hydroxylamine groups is 3. The van der Waals surface area contributed by atoms with E-state index in [1.54, 1.807) is 20.2 Å². The van der Waals surface area contributed by atoms with Crippen LogP contribution in [0.5, 0.6) is 0 Å². The summed E-state index contributed by atoms with van der Waals surface area (Å²) in [6.45, 7) is 5.56. The zero-order valence-corrected chi connectivity index (χ0v) is 6.76. The van der Waals surface area contributed by atoms with E-state index in [9.17, 15) is 4.79 Å². The average molecular weight is 144 g/mol. The van der Waals surface area contributed by atoms with Gasteiger partial charge in [-0.15, -0.1) is 4.65 Å². The third kappa shape index (κ3) is 4.09. The number of hydrogen-bond acceptors (Lipinski definition) is 2. The molecule has 10 heavy (non-hydrogen) atoms. The zero-order valence-electron chi connectivity index (χ0n) is 6.76. The highest BCUT2D eigenvalue weighted by atomic mass is 16.7. The Balaban J connectivity index is 3.85. The summed E-state index contributed by atoms with van der Waals surface area (Å²) in [5.41, 5.74) is 0. The monoisotopic (exact) mass is 144 g/mol. The van der Waals surface area contributed by atoms with E-state index in [0.29, 0.717) is 6.54 Å². The Hall–Kier alpha value is -0.830. The maximum Gasteiger partial charge on any atom is 0.363 e. The molecule has 0 atom stereocenters. The molecule has 0 N–H and O–H groups in total. The van der Waals surface area contributed by atoms with Gasteiger partial charge in [0.2, 0.25) is 0 Å². The lowest BCUT2D eigenvalue weighted by atomic mass is 10.6. The molecule has 0 saturated carbocycles. The maximum atomic E-state index is 10.5. The number of carbonyl (C=O) groups is 1. The summed E-state index contributed by atoms with van der Waals surface area (Å²) in [6, 6.07) is 0. The van der Waals surface area contributed by atoms with Crippen molar-refractivity contribution in [1.29, 1.82) is 0 Å². The molecule has 0 radical (unpaired) electrons. The normalized spacial score (nSPS) is 10.7. The standard InChI is InChI=1S/C7H14NO2/c1-5-6-8(3,4)10-7(2)9/h5H,1,6H2,2-4H3/q+1. The predicted molar refractivity (Wildman–Crippen MR) is 38.9 cm³/mol. The third-order valence-electron chi connectivity index (χ3n) is 0.944. The van der Waals surface area contributed by atoms with E-state index in [-0.39, 0.29) is 10.6 Å². The Bertz CT molecular complexity index is 141. The minimum Gasteiger partial charge on any atom is -0.277 e. The van der Waals surface area contributed by atoms with Gasteiger partial charge >= 0.3 is 5.97 Å². The number of nitrogens with zero attached hydrogens (tertiary/aromatic N) is 1. The highest BCUT2D eigenvalue weighted by molar-refractivity contribution is 5.65. The number of rotatable bonds is 3. The topological polar surface area (TPSA) is 26.3 Å². The van der Waals surface area contributed by atoms with Crippen molar-refractivity contribution in [1.82, 2.24) is 0 Å². The first kappa shape index (κ1) is 9.17. The molecular weight excluding hydrogens is 130 g/mol. The van der Waals surface area contributed by atoms with Crippen LogP contribution in [-0.4, -0.2) is 31.3 Å². The molecule has 0 aliphatic heterocycles. The molecule has 0 unspecified atom stereocenters. The highest BCUT2D eigenvalue weighted by Gasteiger charge is 2.16. The Kier molecular flexibility index (Phi) is 3.09. The van der Waals surface area contributed by atoms with E-state index in [4.69, 9.17) is 4.84 Å². The van der Waals surface area contributed by atoms with Gasteiger partial charge in [0, 0.05) is 6.92 Å². The first-order valence-electron chi connectivity index (χ1n) is 3.12. The van der Waals surface area contributed by atoms with E-state index < -0.39 is 0 Å². The van der Waals surface area contributed by atoms with Gasteiger partial charge in [-0.1, -0.05) is 6.58 Å². The second-order valence-corrected chi connectivity index (χ2v) is 2.63. The molecule has 3 heteroatoms. The molecule has 3 nitrogen and oxygen atoms in total. The average Bonchev–Trinajstić information content (AvgIpc) is 1.59. The number of carbonyl (C=O) groups excluding carboxylic acids is 1. The Morgan fingerprint density at radius 3 is 2.50 bits per heavy atom. The summed E-state index contributed by atoms with van der Waals surface area (Å²) in [6.07, 6.45) is 1.71. The zero-order chi connectivity index (χ0) is 8.20. The van der Waals surface area contributed by atoms with Crippen LogP contribution in [-0.2, 0) is 9.63 Å². The molecule has 58 valence electrons. The van der Waals surface area contributed by atoms with Crippen LogP contribution in [0.1, 0.15) is 6.92 Å². The van der Waals surface area contributed by atoms with E-state index in [1.807, 2.05) is 0 Å². The van der Waals surface area contributed by atoms with Gasteiger partial charge in [-0.2, -0.15) is 0 Å². The molecular formula is C7H14NO2+. The van der Waals surface area contributed by atoms with Gasteiger partial charge in [-0.05, 0) is 6.08 Å². The minimum atomic E-state index is -0.271. The summed E-state index contributed by atoms with van der Waals surface area (Å²) in [5.74, 6) is -0.271. The Labute approximate surface area is 61.4 Å². The van der Waals surface area contributed by atoms with E-state index in [2.05, 4.69) is 6.58 Å². The second kappa shape index (κ2) is 3.37. The van der Waals surface area contributed by atoms with Gasteiger partial charge in [0.15, 0.2) is 0 Å². The molecule has 0 spiro atoms. The number of hydrogen-bond donors (Lipinski definition) is 0. The molecule has 0 heterocycles. The van der Waals surface area contributed by atoms with Gasteiger partial charge in [-0.25, -0.2) is 4.79 Å². The number of likely N-dealkylation sites (N-methyl/N-ethyl adjacent to an activating group) is 1. The lowest BCUT2D eigenvalue weighted by molar-refractivity contribution is -1.05. The maximum absolute atomic E-state index is 10.5. The summed E-state index contributed by atoms with van der Waals surface area (Å²) >= 11 is 0. The van der Waals surface area contributed by atoms with Crippen LogP contribution in [0.3, 0.4) is 0 Å². The first-order valence-corrected chi connectivity index (χ1v) is 3.12. The lowest BCUT2D eigenvalue weighted by Gasteiger charge is -2.23. The molecule has 0 rings (SSSR count). The van der Waals surface area contributed by atoms with Crippen molar-refractivity contribution >= 4 is 5.97 Å². The summed E-state index contributed by atoms with van der Waals surface area (Å²) < 4.78 is 0.207. The molecule has 0 aliphatic carbocycles. The van der Waals surface area contributed by atoms with Gasteiger partial charge in [0.25, 0.3) is 0 Å². The smallest absolute Gasteiger partial charge is 0.277 e. The molecule has 0 bridgehead atoms. The summed E-state index contributed by atoms with van der Waals surface area (Å²) in [5, 5.41) is 0. The molecule has 0 aromatic rings. The van der Waals surface area contributed by atoms with Gasteiger partial charge < -0.3 is 0 Å². The van der Waals surface area contributed by atoms with Gasteiger partial charge in [-0.3, -0.25) is 4.84 Å². The molecule has 0 fully saturated rings. The van der Waals surface area contributed by atoms with Crippen molar-refractivity contribution in [2.24, 2.45) is 0 Å². The van der Waals surface area contributed by atoms with Crippen LogP contribution in [0, 0.1) is 0 Å². The van der Waals surface area contributed by atoms with Crippen LogP contribution >= 0.6 is 0 Å². The van der Waals surface area contributed by atoms with Crippen LogP contribution in [0.15, 0.2) is 12.7 Å². The van der Waals surface area contributed by atoms with Crippen LogP contribution < -0.4 is 0 Å². The largest absolute Gasteiger partial charge is 0.363 e. The van der Waals surface area contributed by atoms with Crippen LogP contribution in [0.4, 0.5) is 0 Å². The fraction of sp³-hybridized carbons (Fsp3) is 0.571. The summed E-state index contributed by atoms with van der Waals surface area (Å²) in [7, 11) is 3.59. The van der Waals surface area contributed by atoms with Crippen molar-refractivity contribution in [3.8, 4) is 0 Å². The highest BCUT2D eigenvalue weighted by Crippen LogP contribution is 1.98. The van der Waals surface area contributed by atoms with E-state index >= 15 is 0 Å². The Morgan fingerprint density at radius 2 is 2.20 bits per heavy atom. The van der Waals surface area contributed by atoms with Crippen LogP contribution in [0.25, 0.3) is 0 Å². The van der Waals surface area contributed by atoms with Crippen molar-refractivity contribution in [3.63, 3.8) is 0 Å². The van der Waals surface area contributed by atoms with Crippen LogP contribution in [0.2, 0.25) is 0 Å². The predicted octanol–water partition coefficient (Wildman–Crippen LogP) is 0.727. The molecule has 0 aliphatic rings. The van der Waals surface area contributed by atoms with Gasteiger partial charge in [0.1, 0.15) is 20.6 Å². The van der Waals surface area contributed by atoms with Crippen molar-refractivity contribution < 1.29 is 14.3 Å². The first-order chi connectivity index (χ1) is 4.48. The van der Waals surface area contributed by atoms with Crippen molar-refractivity contribution in [2.75, 3.05) is 20.6 Å².